The Hall–Kier alpha value is -1.95. The average molecular weight is 298 g/mol. The molecule has 0 radical (unpaired) electrons. The number of halogens is 3. The molecule has 0 saturated heterocycles. The normalized spacial score (nSPS) is 13.2. The fraction of sp³-hybridized carbons (Fsp3) is 0.333. The van der Waals surface area contributed by atoms with Crippen molar-refractivity contribution in [2.75, 3.05) is 12.0 Å². The van der Waals surface area contributed by atoms with E-state index in [1.807, 2.05) is 26.0 Å². The molecule has 0 fully saturated rings. The monoisotopic (exact) mass is 298 g/mol. The second-order valence-corrected chi connectivity index (χ2v) is 4.95. The predicted molar refractivity (Wildman–Crippen MR) is 74.5 cm³/mol. The lowest BCUT2D eigenvalue weighted by Crippen LogP contribution is -2.23. The zero-order valence-electron chi connectivity index (χ0n) is 11.8. The highest BCUT2D eigenvalue weighted by Crippen LogP contribution is 2.30. The van der Waals surface area contributed by atoms with Crippen LogP contribution in [-0.4, -0.2) is 16.3 Å². The first-order valence-electron chi connectivity index (χ1n) is 6.53. The zero-order valence-corrected chi connectivity index (χ0v) is 11.8. The molecule has 0 aliphatic carbocycles. The summed E-state index contributed by atoms with van der Waals surface area (Å²) in [4.78, 5) is 0. The average Bonchev–Trinajstić information content (AvgIpc) is 2.75. The minimum Gasteiger partial charge on any atom is -0.387 e. The molecule has 2 rings (SSSR count). The molecule has 0 saturated carbocycles. The summed E-state index contributed by atoms with van der Waals surface area (Å²) < 4.78 is 39.7. The predicted octanol–water partition coefficient (Wildman–Crippen LogP) is 3.40. The fourth-order valence-electron chi connectivity index (χ4n) is 2.14. The zero-order chi connectivity index (χ0) is 15.6. The lowest BCUT2D eigenvalue weighted by Gasteiger charge is -2.17. The van der Waals surface area contributed by atoms with Crippen LogP contribution in [0, 0.1) is 13.8 Å². The van der Waals surface area contributed by atoms with Crippen LogP contribution in [0.4, 0.5) is 13.2 Å². The first kappa shape index (κ1) is 15.4. The maximum absolute atomic E-state index is 12.6. The molecule has 1 heterocycles. The van der Waals surface area contributed by atoms with E-state index < -0.39 is 17.8 Å². The second-order valence-electron chi connectivity index (χ2n) is 4.95. The highest BCUT2D eigenvalue weighted by atomic mass is 19.4. The number of rotatable bonds is 4. The van der Waals surface area contributed by atoms with Crippen molar-refractivity contribution in [1.82, 2.24) is 4.68 Å². The van der Waals surface area contributed by atoms with Crippen LogP contribution in [0.1, 0.15) is 28.6 Å². The highest BCUT2D eigenvalue weighted by molar-refractivity contribution is 5.27. The highest BCUT2D eigenvalue weighted by Gasteiger charge is 2.30. The number of nitrogens with one attached hydrogen (secondary N) is 1. The fourth-order valence-corrected chi connectivity index (χ4v) is 2.14. The summed E-state index contributed by atoms with van der Waals surface area (Å²) in [7, 11) is 0. The van der Waals surface area contributed by atoms with Gasteiger partial charge >= 0.3 is 6.18 Å². The molecule has 0 spiro atoms. The van der Waals surface area contributed by atoms with Gasteiger partial charge in [0.25, 0.3) is 0 Å². The van der Waals surface area contributed by atoms with Gasteiger partial charge in [0.2, 0.25) is 0 Å². The summed E-state index contributed by atoms with van der Waals surface area (Å²) in [6.07, 6.45) is -5.43. The number of aryl methyl sites for hydroxylation is 2. The van der Waals surface area contributed by atoms with Crippen molar-refractivity contribution in [1.29, 1.82) is 0 Å². The molecule has 3 nitrogen and oxygen atoms in total. The summed E-state index contributed by atoms with van der Waals surface area (Å²) in [6, 6.07) is 8.58. The van der Waals surface area contributed by atoms with Crippen LogP contribution in [0.15, 0.2) is 36.4 Å². The van der Waals surface area contributed by atoms with E-state index in [-0.39, 0.29) is 12.1 Å². The third-order valence-corrected chi connectivity index (χ3v) is 3.31. The Kier molecular flexibility index (Phi) is 4.27. The Morgan fingerprint density at radius 1 is 1.14 bits per heavy atom. The van der Waals surface area contributed by atoms with E-state index in [1.54, 1.807) is 4.68 Å². The van der Waals surface area contributed by atoms with E-state index in [1.165, 1.54) is 12.1 Å². The van der Waals surface area contributed by atoms with E-state index in [9.17, 15) is 18.3 Å². The summed E-state index contributed by atoms with van der Waals surface area (Å²) >= 11 is 0. The van der Waals surface area contributed by atoms with E-state index in [0.29, 0.717) is 0 Å². The van der Waals surface area contributed by atoms with Crippen molar-refractivity contribution in [3.05, 3.63) is 58.9 Å². The lowest BCUT2D eigenvalue weighted by atomic mass is 10.1. The number of benzene rings is 1. The van der Waals surface area contributed by atoms with Gasteiger partial charge in [-0.15, -0.1) is 0 Å². The number of hydrogen-bond donors (Lipinski definition) is 2. The summed E-state index contributed by atoms with van der Waals surface area (Å²) in [5, 5.41) is 10.0. The van der Waals surface area contributed by atoms with Crippen LogP contribution in [0.25, 0.3) is 0 Å². The Morgan fingerprint density at radius 3 is 2.33 bits per heavy atom. The Labute approximate surface area is 121 Å². The van der Waals surface area contributed by atoms with Gasteiger partial charge in [0.15, 0.2) is 0 Å². The molecule has 114 valence electrons. The Bertz CT molecular complexity index is 600. The molecule has 21 heavy (non-hydrogen) atoms. The molecule has 1 aromatic heterocycles. The van der Waals surface area contributed by atoms with Gasteiger partial charge in [-0.2, -0.15) is 13.2 Å². The largest absolute Gasteiger partial charge is 0.416 e. The Balaban J connectivity index is 2.09. The molecule has 0 aliphatic rings. The quantitative estimate of drug-likeness (QED) is 0.907. The van der Waals surface area contributed by atoms with Gasteiger partial charge in [0.1, 0.15) is 0 Å². The number of hydrogen-bond acceptors (Lipinski definition) is 2. The third-order valence-electron chi connectivity index (χ3n) is 3.31. The van der Waals surface area contributed by atoms with Gasteiger partial charge in [-0.05, 0) is 43.7 Å². The van der Waals surface area contributed by atoms with E-state index >= 15 is 0 Å². The summed E-state index contributed by atoms with van der Waals surface area (Å²) in [5.41, 5.74) is 4.41. The minimum atomic E-state index is -4.41. The molecule has 1 unspecified atom stereocenters. The van der Waals surface area contributed by atoms with Crippen molar-refractivity contribution in [3.8, 4) is 0 Å². The van der Waals surface area contributed by atoms with Gasteiger partial charge in [0.05, 0.1) is 18.2 Å². The number of aromatic nitrogens is 1. The number of aliphatic hydroxyl groups excluding tert-OH is 1. The van der Waals surface area contributed by atoms with Crippen molar-refractivity contribution < 1.29 is 18.3 Å². The molecule has 1 atom stereocenters. The van der Waals surface area contributed by atoms with Crippen LogP contribution in [0.5, 0.6) is 0 Å². The van der Waals surface area contributed by atoms with Crippen molar-refractivity contribution >= 4 is 0 Å². The molecular weight excluding hydrogens is 281 g/mol. The first-order chi connectivity index (χ1) is 9.79. The van der Waals surface area contributed by atoms with Crippen molar-refractivity contribution in [2.24, 2.45) is 0 Å². The summed E-state index contributed by atoms with van der Waals surface area (Å²) in [6.45, 7) is 3.92. The Morgan fingerprint density at radius 2 is 1.76 bits per heavy atom. The van der Waals surface area contributed by atoms with Gasteiger partial charge < -0.3 is 10.5 Å². The lowest BCUT2D eigenvalue weighted by molar-refractivity contribution is -0.137. The molecule has 2 N–H and O–H groups in total. The molecule has 0 aliphatic heterocycles. The number of alkyl halides is 3. The van der Waals surface area contributed by atoms with Gasteiger partial charge in [-0.25, -0.2) is 0 Å². The van der Waals surface area contributed by atoms with Crippen LogP contribution in [0.3, 0.4) is 0 Å². The standard InChI is InChI=1S/C15H17F3N2O/c1-10-6-7-11(2)20(10)19-9-14(21)12-4-3-5-13(8-12)15(16,17)18/h3-8,14,19,21H,9H2,1-2H3. The minimum absolute atomic E-state index is 0.123. The molecular formula is C15H17F3N2O. The van der Waals surface area contributed by atoms with Crippen molar-refractivity contribution in [3.63, 3.8) is 0 Å². The maximum Gasteiger partial charge on any atom is 0.416 e. The number of nitrogens with zero attached hydrogens (tertiary/aromatic N) is 1. The van der Waals surface area contributed by atoms with E-state index in [0.717, 1.165) is 23.5 Å². The second kappa shape index (κ2) is 5.81. The van der Waals surface area contributed by atoms with E-state index in [4.69, 9.17) is 0 Å². The van der Waals surface area contributed by atoms with Crippen LogP contribution < -0.4 is 5.43 Å². The van der Waals surface area contributed by atoms with Gasteiger partial charge in [-0.3, -0.25) is 4.68 Å². The van der Waals surface area contributed by atoms with E-state index in [2.05, 4.69) is 5.43 Å². The summed E-state index contributed by atoms with van der Waals surface area (Å²) in [5.74, 6) is 0. The van der Waals surface area contributed by atoms with Crippen LogP contribution in [0.2, 0.25) is 0 Å². The first-order valence-corrected chi connectivity index (χ1v) is 6.53. The van der Waals surface area contributed by atoms with Crippen LogP contribution >= 0.6 is 0 Å². The maximum atomic E-state index is 12.6. The molecule has 6 heteroatoms. The smallest absolute Gasteiger partial charge is 0.387 e. The van der Waals surface area contributed by atoms with Crippen molar-refractivity contribution in [2.45, 2.75) is 26.1 Å². The molecule has 2 aromatic rings. The van der Waals surface area contributed by atoms with Crippen LogP contribution in [-0.2, 0) is 6.18 Å². The number of aliphatic hydroxyl groups is 1. The topological polar surface area (TPSA) is 37.2 Å². The SMILES string of the molecule is Cc1ccc(C)n1NCC(O)c1cccc(C(F)(F)F)c1. The van der Waals surface area contributed by atoms with Gasteiger partial charge in [-0.1, -0.05) is 12.1 Å². The molecule has 1 aromatic carbocycles. The third kappa shape index (κ3) is 3.58. The molecule has 0 bridgehead atoms. The van der Waals surface area contributed by atoms with Gasteiger partial charge in [0, 0.05) is 11.4 Å². The molecule has 0 amide bonds.